The van der Waals surface area contributed by atoms with E-state index >= 15 is 0 Å². The van der Waals surface area contributed by atoms with Crippen molar-refractivity contribution in [2.24, 2.45) is 11.8 Å². The van der Waals surface area contributed by atoms with Gasteiger partial charge >= 0.3 is 0 Å². The first-order chi connectivity index (χ1) is 7.47. The van der Waals surface area contributed by atoms with Crippen molar-refractivity contribution in [2.45, 2.75) is 66.1 Å². The lowest BCUT2D eigenvalue weighted by Gasteiger charge is -2.45. The summed E-state index contributed by atoms with van der Waals surface area (Å²) in [6.45, 7) is 16.4. The molecule has 0 aliphatic carbocycles. The fourth-order valence-electron chi connectivity index (χ4n) is 2.59. The van der Waals surface area contributed by atoms with Crippen LogP contribution >= 0.6 is 0 Å². The molecule has 0 bridgehead atoms. The fourth-order valence-corrected chi connectivity index (χ4v) is 2.59. The van der Waals surface area contributed by atoms with Crippen LogP contribution in [0.2, 0.25) is 0 Å². The van der Waals surface area contributed by atoms with Crippen molar-refractivity contribution in [1.29, 1.82) is 0 Å². The molecule has 2 nitrogen and oxygen atoms in total. The van der Waals surface area contributed by atoms with Gasteiger partial charge in [0, 0.05) is 31.2 Å². The molecule has 0 aromatic heterocycles. The van der Waals surface area contributed by atoms with Gasteiger partial charge in [-0.25, -0.2) is 0 Å². The highest BCUT2D eigenvalue weighted by Gasteiger charge is 2.31. The first-order valence-corrected chi connectivity index (χ1v) is 6.96. The van der Waals surface area contributed by atoms with Gasteiger partial charge in [-0.3, -0.25) is 4.90 Å². The molecular weight excluding hydrogens is 196 g/mol. The number of nitrogens with one attached hydrogen (secondary N) is 1. The summed E-state index contributed by atoms with van der Waals surface area (Å²) in [4.78, 5) is 2.70. The molecule has 1 saturated heterocycles. The minimum absolute atomic E-state index is 0.669. The fraction of sp³-hybridized carbons (Fsp3) is 1.00. The average Bonchev–Trinajstić information content (AvgIpc) is 2.27. The maximum atomic E-state index is 3.67. The van der Waals surface area contributed by atoms with E-state index in [4.69, 9.17) is 0 Å². The molecule has 4 atom stereocenters. The average molecular weight is 226 g/mol. The Kier molecular flexibility index (Phi) is 5.26. The van der Waals surface area contributed by atoms with Crippen LogP contribution in [0.3, 0.4) is 0 Å². The quantitative estimate of drug-likeness (QED) is 0.793. The number of nitrogens with zero attached hydrogens (tertiary/aromatic N) is 1. The summed E-state index contributed by atoms with van der Waals surface area (Å²) in [5, 5.41) is 3.67. The van der Waals surface area contributed by atoms with Crippen LogP contribution in [0.1, 0.15) is 48.0 Å². The van der Waals surface area contributed by atoms with Crippen LogP contribution in [-0.2, 0) is 0 Å². The van der Waals surface area contributed by atoms with Gasteiger partial charge in [-0.05, 0) is 25.7 Å². The zero-order valence-electron chi connectivity index (χ0n) is 12.0. The monoisotopic (exact) mass is 226 g/mol. The van der Waals surface area contributed by atoms with Gasteiger partial charge in [0.15, 0.2) is 0 Å². The van der Waals surface area contributed by atoms with Crippen molar-refractivity contribution in [1.82, 2.24) is 10.2 Å². The van der Waals surface area contributed by atoms with Gasteiger partial charge in [0.2, 0.25) is 0 Å². The van der Waals surface area contributed by atoms with Crippen molar-refractivity contribution < 1.29 is 0 Å². The van der Waals surface area contributed by atoms with Crippen molar-refractivity contribution in [2.75, 3.05) is 13.1 Å². The lowest BCUT2D eigenvalue weighted by atomic mass is 9.93. The minimum atomic E-state index is 0.669. The maximum Gasteiger partial charge on any atom is 0.0218 e. The summed E-state index contributed by atoms with van der Waals surface area (Å²) in [5.41, 5.74) is 0. The van der Waals surface area contributed by atoms with Crippen LogP contribution in [0.5, 0.6) is 0 Å². The molecule has 2 heteroatoms. The van der Waals surface area contributed by atoms with Crippen LogP contribution in [0.15, 0.2) is 0 Å². The van der Waals surface area contributed by atoms with Crippen molar-refractivity contribution in [3.63, 3.8) is 0 Å². The first-order valence-electron chi connectivity index (χ1n) is 6.96. The molecule has 1 rings (SSSR count). The first kappa shape index (κ1) is 14.0. The normalized spacial score (nSPS) is 31.7. The largest absolute Gasteiger partial charge is 0.311 e. The lowest BCUT2D eigenvalue weighted by Crippen LogP contribution is -2.60. The van der Waals surface area contributed by atoms with Gasteiger partial charge in [0.25, 0.3) is 0 Å². The van der Waals surface area contributed by atoms with Crippen LogP contribution in [-0.4, -0.2) is 36.1 Å². The highest BCUT2D eigenvalue weighted by atomic mass is 15.3. The minimum Gasteiger partial charge on any atom is -0.311 e. The third-order valence-corrected chi connectivity index (χ3v) is 4.44. The maximum absolute atomic E-state index is 3.67. The molecule has 0 radical (unpaired) electrons. The van der Waals surface area contributed by atoms with Gasteiger partial charge in [-0.1, -0.05) is 34.1 Å². The standard InChI is InChI=1S/C14H30N2/c1-7-11(4)13(6)16-9-14(10(2)3)15-8-12(16)5/h10-15H,7-9H2,1-6H3. The van der Waals surface area contributed by atoms with Crippen molar-refractivity contribution in [3.05, 3.63) is 0 Å². The van der Waals surface area contributed by atoms with Gasteiger partial charge in [0.1, 0.15) is 0 Å². The Hall–Kier alpha value is -0.0800. The molecule has 1 aliphatic rings. The molecule has 0 spiro atoms. The predicted molar refractivity (Wildman–Crippen MR) is 71.7 cm³/mol. The highest BCUT2D eigenvalue weighted by Crippen LogP contribution is 2.21. The molecule has 0 aromatic carbocycles. The molecule has 0 aromatic rings. The van der Waals surface area contributed by atoms with E-state index in [2.05, 4.69) is 51.8 Å². The topological polar surface area (TPSA) is 15.3 Å². The Bertz CT molecular complexity index is 203. The summed E-state index contributed by atoms with van der Waals surface area (Å²) in [6.07, 6.45) is 1.28. The molecule has 96 valence electrons. The summed E-state index contributed by atoms with van der Waals surface area (Å²) in [6, 6.07) is 2.06. The van der Waals surface area contributed by atoms with Crippen molar-refractivity contribution >= 4 is 0 Å². The third kappa shape index (κ3) is 3.21. The number of hydrogen-bond acceptors (Lipinski definition) is 2. The Morgan fingerprint density at radius 3 is 2.38 bits per heavy atom. The van der Waals surface area contributed by atoms with Crippen LogP contribution in [0, 0.1) is 11.8 Å². The molecule has 1 N–H and O–H groups in total. The molecular formula is C14H30N2. The van der Waals surface area contributed by atoms with E-state index in [1.165, 1.54) is 13.0 Å². The molecule has 1 heterocycles. The summed E-state index contributed by atoms with van der Waals surface area (Å²) in [7, 11) is 0. The second kappa shape index (κ2) is 6.02. The summed E-state index contributed by atoms with van der Waals surface area (Å²) < 4.78 is 0. The number of piperazine rings is 1. The van der Waals surface area contributed by atoms with E-state index in [9.17, 15) is 0 Å². The van der Waals surface area contributed by atoms with E-state index in [0.717, 1.165) is 18.4 Å². The lowest BCUT2D eigenvalue weighted by molar-refractivity contribution is 0.0604. The second-order valence-electron chi connectivity index (χ2n) is 5.93. The van der Waals surface area contributed by atoms with Gasteiger partial charge in [0.05, 0.1) is 0 Å². The van der Waals surface area contributed by atoms with Crippen LogP contribution in [0.4, 0.5) is 0 Å². The Labute approximate surface area is 102 Å². The predicted octanol–water partition coefficient (Wildman–Crippen LogP) is 2.74. The number of hydrogen-bond donors (Lipinski definition) is 1. The molecule has 16 heavy (non-hydrogen) atoms. The van der Waals surface area contributed by atoms with E-state index < -0.39 is 0 Å². The van der Waals surface area contributed by atoms with Gasteiger partial charge < -0.3 is 5.32 Å². The zero-order chi connectivity index (χ0) is 12.3. The Morgan fingerprint density at radius 1 is 1.25 bits per heavy atom. The van der Waals surface area contributed by atoms with E-state index in [1.54, 1.807) is 0 Å². The van der Waals surface area contributed by atoms with Crippen LogP contribution in [0.25, 0.3) is 0 Å². The Morgan fingerprint density at radius 2 is 1.88 bits per heavy atom. The third-order valence-electron chi connectivity index (χ3n) is 4.44. The zero-order valence-corrected chi connectivity index (χ0v) is 12.0. The van der Waals surface area contributed by atoms with E-state index in [-0.39, 0.29) is 0 Å². The highest BCUT2D eigenvalue weighted by molar-refractivity contribution is 4.89. The molecule has 0 saturated carbocycles. The summed E-state index contributed by atoms with van der Waals surface area (Å²) >= 11 is 0. The molecule has 0 amide bonds. The van der Waals surface area contributed by atoms with E-state index in [1.807, 2.05) is 0 Å². The smallest absolute Gasteiger partial charge is 0.0218 e. The second-order valence-corrected chi connectivity index (χ2v) is 5.93. The SMILES string of the molecule is CCC(C)C(C)N1CC(C(C)C)NCC1C. The Balaban J connectivity index is 2.62. The van der Waals surface area contributed by atoms with Crippen molar-refractivity contribution in [3.8, 4) is 0 Å². The van der Waals surface area contributed by atoms with Gasteiger partial charge in [-0.15, -0.1) is 0 Å². The molecule has 1 aliphatic heterocycles. The molecule has 4 unspecified atom stereocenters. The number of rotatable bonds is 4. The van der Waals surface area contributed by atoms with Gasteiger partial charge in [-0.2, -0.15) is 0 Å². The molecule has 1 fully saturated rings. The van der Waals surface area contributed by atoms with E-state index in [0.29, 0.717) is 18.1 Å². The summed E-state index contributed by atoms with van der Waals surface area (Å²) in [5.74, 6) is 1.53. The van der Waals surface area contributed by atoms with Crippen LogP contribution < -0.4 is 5.32 Å².